The molecule has 4 aliphatic carbocycles. The number of methoxy groups -OCH3 is 4. The normalized spacial score (nSPS) is 22.1. The number of likely N-dealkylation sites (N-methyl/N-ethyl adjacent to an activating group) is 4. The van der Waals surface area contributed by atoms with Crippen LogP contribution in [-0.2, 0) is 46.1 Å². The first kappa shape index (κ1) is 126. The molecule has 0 unspecified atom stereocenters. The van der Waals surface area contributed by atoms with Crippen molar-refractivity contribution in [1.29, 1.82) is 0 Å². The van der Waals surface area contributed by atoms with Gasteiger partial charge in [-0.05, 0) is 304 Å². The number of nitrogens with zero attached hydrogens (tertiary/aromatic N) is 3. The number of aliphatic hydroxyl groups excluding tert-OH is 1. The van der Waals surface area contributed by atoms with Gasteiger partial charge in [-0.15, -0.1) is 0 Å². The van der Waals surface area contributed by atoms with Crippen LogP contribution in [0.5, 0.6) is 0 Å². The SMILES string of the molecule is CNC[C@@H](NC(=O)N1CCC[C@@H]([C@@](O)(CCCCOC)c2cccc(F)c2Cl)C1)[C@@H](O)C1CCCCC1.CNC[C@H](CC1CCC(F)CC1)NC(=O)N1CCC[C@@H]([C@@](O)(CCCCOC)c2cccc(Cl)c2F)C1.CNC[C@H](CC1CCC(F)CC1)NC(=O)N1CCC[C@@H]([C@@](O)(CCCCOC)c2cccc(Cl)c2F)C1.CNC[C@H](CC1CCCCC1)NC(=O)c1cccc([C@](CCCCOC)(NC(C)=O)c2cccc(Cl)c2)c1. The first-order valence-electron chi connectivity index (χ1n) is 55.4. The van der Waals surface area contributed by atoms with Crippen LogP contribution in [0.3, 0.4) is 0 Å². The molecule has 12 rings (SSSR count). The molecule has 12 atom stereocenters. The lowest BCUT2D eigenvalue weighted by atomic mass is 9.74. The summed E-state index contributed by atoms with van der Waals surface area (Å²) >= 11 is 24.9. The van der Waals surface area contributed by atoms with E-state index in [0.717, 1.165) is 133 Å². The predicted molar refractivity (Wildman–Crippen MR) is 585 cm³/mol. The number of hydrogen-bond donors (Lipinski definition) is 13. The average Bonchev–Trinajstić information content (AvgIpc) is 0.611. The van der Waals surface area contributed by atoms with Crippen LogP contribution in [-0.4, -0.2) is 256 Å². The molecule has 149 heavy (non-hydrogen) atoms. The second kappa shape index (κ2) is 65.9. The molecule has 34 heteroatoms. The molecule has 13 N–H and O–H groups in total. The number of rotatable bonds is 50. The lowest BCUT2D eigenvalue weighted by Gasteiger charge is -2.43. The van der Waals surface area contributed by atoms with Gasteiger partial charge in [0.05, 0.1) is 49.6 Å². The summed E-state index contributed by atoms with van der Waals surface area (Å²) in [5.74, 6) is -1.30. The summed E-state index contributed by atoms with van der Waals surface area (Å²) in [4.78, 5) is 71.3. The minimum absolute atomic E-state index is 0.0186. The smallest absolute Gasteiger partial charge is 0.317 e. The Morgan fingerprint density at radius 1 is 0.416 bits per heavy atom. The van der Waals surface area contributed by atoms with Gasteiger partial charge in [0.15, 0.2) is 0 Å². The highest BCUT2D eigenvalue weighted by Gasteiger charge is 2.48. The Morgan fingerprint density at radius 3 is 1.20 bits per heavy atom. The van der Waals surface area contributed by atoms with Crippen molar-refractivity contribution in [1.82, 2.24) is 62.6 Å². The van der Waals surface area contributed by atoms with Crippen LogP contribution < -0.4 is 47.9 Å². The van der Waals surface area contributed by atoms with Gasteiger partial charge in [0.1, 0.15) is 29.8 Å². The summed E-state index contributed by atoms with van der Waals surface area (Å²) in [7, 11) is 14.1. The van der Waals surface area contributed by atoms with Crippen molar-refractivity contribution in [2.45, 2.75) is 322 Å². The summed E-state index contributed by atoms with van der Waals surface area (Å²) < 4.78 is 92.6. The molecule has 838 valence electrons. The summed E-state index contributed by atoms with van der Waals surface area (Å²) in [5, 5.41) is 76.2. The second-order valence-electron chi connectivity index (χ2n) is 43.0. The molecule has 3 saturated heterocycles. The van der Waals surface area contributed by atoms with Crippen LogP contribution in [0.1, 0.15) is 296 Å². The highest BCUT2D eigenvalue weighted by atomic mass is 35.5. The molecule has 5 aromatic rings. The van der Waals surface area contributed by atoms with Crippen LogP contribution in [0, 0.1) is 58.9 Å². The lowest BCUT2D eigenvalue weighted by Crippen LogP contribution is -2.57. The van der Waals surface area contributed by atoms with Crippen LogP contribution in [0.25, 0.3) is 0 Å². The minimum atomic E-state index is -1.45. The number of aliphatic hydroxyl groups is 4. The van der Waals surface area contributed by atoms with Crippen LogP contribution >= 0.6 is 46.4 Å². The van der Waals surface area contributed by atoms with E-state index in [1.54, 1.807) is 79.5 Å². The van der Waals surface area contributed by atoms with Gasteiger partial charge in [0.2, 0.25) is 5.91 Å². The van der Waals surface area contributed by atoms with E-state index in [1.165, 1.54) is 63.6 Å². The van der Waals surface area contributed by atoms with Crippen LogP contribution in [0.2, 0.25) is 20.1 Å². The van der Waals surface area contributed by atoms with E-state index < -0.39 is 64.3 Å². The van der Waals surface area contributed by atoms with Crippen LogP contribution in [0.4, 0.5) is 36.3 Å². The molecule has 8 amide bonds. The van der Waals surface area contributed by atoms with Crippen molar-refractivity contribution in [3.8, 4) is 0 Å². The molecule has 4 saturated carbocycles. The Labute approximate surface area is 904 Å². The first-order chi connectivity index (χ1) is 71.7. The zero-order chi connectivity index (χ0) is 108. The number of halogens is 9. The van der Waals surface area contributed by atoms with Gasteiger partial charge in [-0.3, -0.25) is 9.59 Å². The molecule has 7 fully saturated rings. The average molecular weight is 2170 g/mol. The van der Waals surface area contributed by atoms with Gasteiger partial charge in [-0.25, -0.2) is 36.3 Å². The molecule has 0 spiro atoms. The summed E-state index contributed by atoms with van der Waals surface area (Å²) in [6.45, 7) is 9.06. The number of benzene rings is 5. The molecule has 0 radical (unpaired) electrons. The van der Waals surface area contributed by atoms with E-state index in [1.807, 2.05) is 76.7 Å². The molecular weight excluding hydrogens is 1990 g/mol. The first-order valence-corrected chi connectivity index (χ1v) is 56.9. The van der Waals surface area contributed by atoms with Gasteiger partial charge in [-0.2, -0.15) is 0 Å². The maximum Gasteiger partial charge on any atom is 0.317 e. The Bertz CT molecular complexity index is 4630. The van der Waals surface area contributed by atoms with E-state index in [4.69, 9.17) is 65.4 Å². The fourth-order valence-electron chi connectivity index (χ4n) is 24.0. The number of hydrogen-bond acceptors (Lipinski definition) is 17. The minimum Gasteiger partial charge on any atom is -0.391 e. The highest BCUT2D eigenvalue weighted by molar-refractivity contribution is 6.32. The monoisotopic (exact) mass is 2170 g/mol. The van der Waals surface area contributed by atoms with E-state index in [-0.39, 0.29) is 97.9 Å². The number of amides is 8. The summed E-state index contributed by atoms with van der Waals surface area (Å²) in [6, 6.07) is 28.2. The Balaban J connectivity index is 0.000000221. The highest BCUT2D eigenvalue weighted by Crippen LogP contribution is 2.48. The molecule has 3 heterocycles. The maximum absolute atomic E-state index is 15.1. The van der Waals surface area contributed by atoms with Crippen molar-refractivity contribution in [2.75, 3.05) is 149 Å². The molecular formula is C115H177Cl4F5N12O13. The number of carbonyl (C=O) groups excluding carboxylic acids is 5. The number of likely N-dealkylation sites (tertiary alicyclic amines) is 3. The van der Waals surface area contributed by atoms with Crippen molar-refractivity contribution in [2.24, 2.45) is 41.4 Å². The van der Waals surface area contributed by atoms with Gasteiger partial charge in [-0.1, -0.05) is 158 Å². The molecule has 0 bridgehead atoms. The third kappa shape index (κ3) is 38.6. The lowest BCUT2D eigenvalue weighted by molar-refractivity contribution is -0.120. The second-order valence-corrected chi connectivity index (χ2v) is 44.6. The van der Waals surface area contributed by atoms with Gasteiger partial charge in [0.25, 0.3) is 5.91 Å². The number of piperidine rings is 3. The number of urea groups is 3. The summed E-state index contributed by atoms with van der Waals surface area (Å²) in [5.41, 5.74) is -2.00. The van der Waals surface area contributed by atoms with Crippen molar-refractivity contribution >= 4 is 76.3 Å². The van der Waals surface area contributed by atoms with Crippen molar-refractivity contribution in [3.05, 3.63) is 174 Å². The third-order valence-corrected chi connectivity index (χ3v) is 33.3. The van der Waals surface area contributed by atoms with Crippen LogP contribution in [0.15, 0.2) is 103 Å². The molecule has 5 aromatic carbocycles. The van der Waals surface area contributed by atoms with Gasteiger partial charge < -0.3 is 102 Å². The number of carbonyl (C=O) groups is 5. The summed E-state index contributed by atoms with van der Waals surface area (Å²) in [6.07, 6.45) is 30.0. The fraction of sp³-hybridized carbons (Fsp3) is 0.696. The zero-order valence-corrected chi connectivity index (χ0v) is 93.1. The standard InChI is InChI=1S/C31H44ClN3O3.2C28H44ClF2N3O3.C28H45ClFN3O4/c1-23(36)35-31(17-7-8-18-38-3,27-15-10-16-28(32)21-27)26-14-9-13-25(20-26)30(37)34-29(22-33-2)19-24-11-5-4-6-12-24;2*1-32-18-23(17-20-10-12-22(30)13-11-20)33-27(35)34-15-6-7-21(19-34)28(36,14-3-4-16-37-2)24-8-5-9-25(29)26(24)31;1-31-18-24(26(34)20-10-4-3-5-11-20)32-27(35)33-16-9-12-21(19-33)28(36,15-6-7-17-37-2)22-13-8-14-23(30)25(22)29/h9-10,13-16,20-21,24,29,33H,4-8,11-12,17-19,22H2,1-3H3,(H,34,37)(H,35,36);2*5,8-9,20-23,32,36H,3-4,6-7,10-19H2,1-2H3,(H,33,35);8,13-14,20-21,24,26,31,34,36H,3-7,9-12,15-19H2,1-2H3,(H,32,35)/t29-,31-;2*20?,21-,22?,23+,28+;21-,24-,26+,28+/m0111/s1. The van der Waals surface area contributed by atoms with E-state index >= 15 is 8.78 Å². The van der Waals surface area contributed by atoms with E-state index in [0.29, 0.717) is 216 Å². The Hall–Kier alpha value is -6.82. The number of alkyl halides is 2. The van der Waals surface area contributed by atoms with Gasteiger partial charge in [0, 0.05) is 190 Å². The Morgan fingerprint density at radius 2 is 0.785 bits per heavy atom. The molecule has 7 aliphatic rings. The Kier molecular flexibility index (Phi) is 55.6. The molecule has 3 aliphatic heterocycles. The molecule has 25 nitrogen and oxygen atoms in total. The third-order valence-electron chi connectivity index (χ3n) is 32.1. The topological polar surface area (TPSA) is 321 Å². The quantitative estimate of drug-likeness (QED) is 0.0127. The van der Waals surface area contributed by atoms with Crippen molar-refractivity contribution in [3.63, 3.8) is 0 Å². The number of unbranched alkanes of at least 4 members (excludes halogenated alkanes) is 4. The number of ether oxygens (including phenoxy) is 4. The predicted octanol–water partition coefficient (Wildman–Crippen LogP) is 21.1. The fourth-order valence-corrected chi connectivity index (χ4v) is 24.9. The van der Waals surface area contributed by atoms with Crippen molar-refractivity contribution < 1.29 is 85.3 Å². The largest absolute Gasteiger partial charge is 0.391 e. The maximum atomic E-state index is 15.1. The van der Waals surface area contributed by atoms with Gasteiger partial charge >= 0.3 is 18.1 Å². The number of nitrogens with one attached hydrogen (secondary N) is 9. The van der Waals surface area contributed by atoms with E-state index in [2.05, 4.69) is 47.9 Å². The zero-order valence-electron chi connectivity index (χ0n) is 90.1. The molecule has 0 aromatic heterocycles. The van der Waals surface area contributed by atoms with E-state index in [9.17, 15) is 57.6 Å².